The molecule has 6 heterocycles. The van der Waals surface area contributed by atoms with Crippen LogP contribution in [-0.4, -0.2) is 153 Å². The number of nitrogens with zero attached hydrogens (tertiary/aromatic N) is 5. The molecule has 0 saturated carbocycles. The first kappa shape index (κ1) is 51.7. The zero-order chi connectivity index (χ0) is 52.2. The van der Waals surface area contributed by atoms with Gasteiger partial charge >= 0.3 is 5.97 Å². The minimum absolute atomic E-state index is 0.0153. The smallest absolute Gasteiger partial charge is 0.335 e. The molecule has 10 rings (SSSR count). The number of amides is 1. The summed E-state index contributed by atoms with van der Waals surface area (Å²) in [6, 6.07) is 22.6. The van der Waals surface area contributed by atoms with E-state index < -0.39 is 24.8 Å². The van der Waals surface area contributed by atoms with E-state index in [1.54, 1.807) is 49.6 Å². The van der Waals surface area contributed by atoms with Crippen LogP contribution in [0.15, 0.2) is 94.0 Å². The van der Waals surface area contributed by atoms with Crippen molar-refractivity contribution in [2.75, 3.05) is 100 Å². The average Bonchev–Trinajstić information content (AvgIpc) is 4.17. The molecule has 2 aliphatic rings. The number of benzene rings is 4. The molecule has 0 spiro atoms. The number of carboxylic acid groups (broad SMARTS) is 1. The highest BCUT2D eigenvalue weighted by Crippen LogP contribution is 2.35. The van der Waals surface area contributed by atoms with E-state index in [1.807, 2.05) is 17.0 Å². The summed E-state index contributed by atoms with van der Waals surface area (Å²) in [5.74, 6) is -1.10. The standard InChI is InChI=1S/C25H25FN4O5.C20H16FN3O5.C5H11NO.CH3F/c1-32-11-12-34-22-15-21-18(13-19(22)26)24(28-27-21)23-14-20(29-35-23)16-3-5-17(6-4-16)25(31)30-7-2-9-33-10-8-30;1-27-6-7-28-17-10-16-13(8-14(17)21)19(23-22-16)18-9-15(24-29-18)11-2-4-12(5-3-11)20(25)26;1-2-6-3-5-7-4-1;1-2/h3-6,13-15H,2,7-12H2,1H3,(H,27,28);2-5,8-10H,6-7H2,1H3,(H,22,23)(H,25,26);6H,1-5H2;1H3/i;;;1D. The second-order valence-corrected chi connectivity index (χ2v) is 16.1. The molecule has 0 atom stereocenters. The number of aromatic carboxylic acids is 1. The van der Waals surface area contributed by atoms with E-state index in [-0.39, 0.29) is 36.2 Å². The lowest BCUT2D eigenvalue weighted by Crippen LogP contribution is -2.33. The van der Waals surface area contributed by atoms with E-state index in [4.69, 9.17) is 43.9 Å². The minimum atomic E-state index is -1.01. The highest BCUT2D eigenvalue weighted by Gasteiger charge is 2.21. The lowest BCUT2D eigenvalue weighted by molar-refractivity contribution is 0.0695. The lowest BCUT2D eigenvalue weighted by Gasteiger charge is -2.19. The van der Waals surface area contributed by atoms with Crippen molar-refractivity contribution >= 4 is 33.7 Å². The Bertz CT molecular complexity index is 3010. The Morgan fingerprint density at radius 2 is 1.18 bits per heavy atom. The Balaban J connectivity index is 0.000000184. The van der Waals surface area contributed by atoms with Crippen LogP contribution in [-0.2, 0) is 18.9 Å². The van der Waals surface area contributed by atoms with Gasteiger partial charge in [0.05, 0.1) is 51.5 Å². The molecule has 22 heteroatoms. The first-order valence-electron chi connectivity index (χ1n) is 23.8. The number of alkyl halides is 1. The molecule has 0 aliphatic carbocycles. The molecule has 2 aliphatic heterocycles. The summed E-state index contributed by atoms with van der Waals surface area (Å²) < 4.78 is 86.5. The number of H-pyrrole nitrogens is 2. The normalized spacial score (nSPS) is 13.8. The molecule has 0 unspecified atom stereocenters. The fourth-order valence-electron chi connectivity index (χ4n) is 7.52. The molecule has 4 N–H and O–H groups in total. The number of carbonyl (C=O) groups excluding carboxylic acids is 1. The van der Waals surface area contributed by atoms with Gasteiger partial charge in [-0.15, -0.1) is 0 Å². The van der Waals surface area contributed by atoms with Crippen molar-refractivity contribution in [3.63, 3.8) is 0 Å². The van der Waals surface area contributed by atoms with Gasteiger partial charge in [0.1, 0.15) is 36.0 Å². The van der Waals surface area contributed by atoms with E-state index in [2.05, 4.69) is 36.0 Å². The molecule has 4 aromatic carbocycles. The summed E-state index contributed by atoms with van der Waals surface area (Å²) in [6.45, 7) is 7.66. The Morgan fingerprint density at radius 3 is 1.70 bits per heavy atom. The fourth-order valence-corrected chi connectivity index (χ4v) is 7.52. The van der Waals surface area contributed by atoms with Crippen molar-refractivity contribution in [1.29, 1.82) is 0 Å². The van der Waals surface area contributed by atoms with Crippen LogP contribution >= 0.6 is 0 Å². The van der Waals surface area contributed by atoms with Gasteiger partial charge in [0.2, 0.25) is 0 Å². The molecule has 73 heavy (non-hydrogen) atoms. The zero-order valence-electron chi connectivity index (χ0n) is 41.1. The summed E-state index contributed by atoms with van der Waals surface area (Å²) in [6.07, 6.45) is 2.00. The van der Waals surface area contributed by atoms with Gasteiger partial charge in [0.25, 0.3) is 5.91 Å². The number of hydrogen-bond donors (Lipinski definition) is 4. The summed E-state index contributed by atoms with van der Waals surface area (Å²) in [5, 5.41) is 35.6. The maximum atomic E-state index is 14.6. The molecular formula is C51H55F3N8O11. The fraction of sp³-hybridized carbons (Fsp3) is 0.333. The largest absolute Gasteiger partial charge is 0.488 e. The molecule has 0 bridgehead atoms. The van der Waals surface area contributed by atoms with Gasteiger partial charge in [0, 0.05) is 98.8 Å². The van der Waals surface area contributed by atoms with Crippen molar-refractivity contribution in [3.05, 3.63) is 108 Å². The number of carboxylic acids is 1. The Hall–Kier alpha value is -7.63. The third-order valence-electron chi connectivity index (χ3n) is 11.2. The zero-order valence-corrected chi connectivity index (χ0v) is 40.1. The average molecular weight is 1010 g/mol. The maximum absolute atomic E-state index is 14.6. The van der Waals surface area contributed by atoms with Crippen LogP contribution in [0.2, 0.25) is 0 Å². The first-order chi connectivity index (χ1) is 36.1. The number of aromatic nitrogens is 6. The van der Waals surface area contributed by atoms with Crippen molar-refractivity contribution in [3.8, 4) is 56.9 Å². The molecule has 386 valence electrons. The predicted molar refractivity (Wildman–Crippen MR) is 262 cm³/mol. The van der Waals surface area contributed by atoms with E-state index in [1.165, 1.54) is 43.9 Å². The van der Waals surface area contributed by atoms with Gasteiger partial charge in [-0.3, -0.25) is 19.4 Å². The van der Waals surface area contributed by atoms with Crippen molar-refractivity contribution < 1.29 is 66.7 Å². The van der Waals surface area contributed by atoms with Gasteiger partial charge in [-0.2, -0.15) is 10.2 Å². The van der Waals surface area contributed by atoms with E-state index in [0.717, 1.165) is 38.3 Å². The molecule has 1 amide bonds. The van der Waals surface area contributed by atoms with E-state index >= 15 is 0 Å². The van der Waals surface area contributed by atoms with Gasteiger partial charge in [0.15, 0.2) is 34.7 Å². The second kappa shape index (κ2) is 26.7. The van der Waals surface area contributed by atoms with Crippen LogP contribution in [0.1, 0.15) is 34.9 Å². The highest BCUT2D eigenvalue weighted by atomic mass is 19.1. The topological polar surface area (TPSA) is 234 Å². The number of halogens is 3. The van der Waals surface area contributed by atoms with Crippen molar-refractivity contribution in [2.24, 2.45) is 0 Å². The molecule has 0 radical (unpaired) electrons. The van der Waals surface area contributed by atoms with E-state index in [9.17, 15) is 22.8 Å². The Kier molecular flexibility index (Phi) is 18.9. The van der Waals surface area contributed by atoms with Crippen molar-refractivity contribution in [2.45, 2.75) is 12.8 Å². The number of methoxy groups -OCH3 is 2. The SMILES string of the molecule is C1CNCCOC1.COCCOc1cc2[nH]nc(-c3cc(-c4ccc(C(=O)N5CCCOCC5)cc4)no3)c2cc1F.COCCOc1cc2[nH]nc(-c3cc(-c4ccc(C(=O)O)cc4)no3)c2cc1F.[2H]CF. The summed E-state index contributed by atoms with van der Waals surface area (Å²) >= 11 is 0. The van der Waals surface area contributed by atoms with Crippen LogP contribution in [0.3, 0.4) is 0 Å². The maximum Gasteiger partial charge on any atom is 0.335 e. The lowest BCUT2D eigenvalue weighted by atomic mass is 10.1. The molecule has 19 nitrogen and oxygen atoms in total. The number of hydrogen-bond acceptors (Lipinski definition) is 15. The Morgan fingerprint density at radius 1 is 0.671 bits per heavy atom. The number of aromatic amines is 2. The monoisotopic (exact) mass is 1010 g/mol. The Labute approximate surface area is 418 Å². The third kappa shape index (κ3) is 13.9. The predicted octanol–water partition coefficient (Wildman–Crippen LogP) is 8.24. The highest BCUT2D eigenvalue weighted by molar-refractivity contribution is 5.96. The van der Waals surface area contributed by atoms with Gasteiger partial charge in [-0.1, -0.05) is 34.6 Å². The molecule has 8 aromatic rings. The van der Waals surface area contributed by atoms with E-state index in [0.29, 0.717) is 107 Å². The van der Waals surface area contributed by atoms with Gasteiger partial charge < -0.3 is 52.8 Å². The van der Waals surface area contributed by atoms with Crippen LogP contribution in [0.5, 0.6) is 11.5 Å². The number of rotatable bonds is 14. The minimum Gasteiger partial charge on any atom is -0.488 e. The number of fused-ring (bicyclic) bond motifs is 2. The third-order valence-corrected chi connectivity index (χ3v) is 11.2. The van der Waals surface area contributed by atoms with Crippen molar-refractivity contribution in [1.82, 2.24) is 40.9 Å². The van der Waals surface area contributed by atoms with Gasteiger partial charge in [-0.05, 0) is 55.8 Å². The number of ether oxygens (including phenoxy) is 6. The van der Waals surface area contributed by atoms with Crippen LogP contribution in [0, 0.1) is 11.6 Å². The van der Waals surface area contributed by atoms with Crippen LogP contribution in [0.25, 0.3) is 67.2 Å². The summed E-state index contributed by atoms with van der Waals surface area (Å²) in [7, 11) is 2.09. The molecule has 2 fully saturated rings. The quantitative estimate of drug-likeness (QED) is 0.0751. The van der Waals surface area contributed by atoms with Crippen LogP contribution in [0.4, 0.5) is 13.2 Å². The second-order valence-electron chi connectivity index (χ2n) is 16.1. The molecule has 4 aromatic heterocycles. The molecular weight excluding hydrogens is 958 g/mol. The summed E-state index contributed by atoms with van der Waals surface area (Å²) in [4.78, 5) is 25.6. The summed E-state index contributed by atoms with van der Waals surface area (Å²) in [5.41, 5.74) is 5.38. The number of carbonyl (C=O) groups is 2. The first-order valence-corrected chi connectivity index (χ1v) is 23.1. The molecule has 2 saturated heterocycles. The van der Waals surface area contributed by atoms with Gasteiger partial charge in [-0.25, -0.2) is 13.6 Å². The van der Waals surface area contributed by atoms with Crippen LogP contribution < -0.4 is 14.8 Å². The number of nitrogens with one attached hydrogen (secondary N) is 3.